The average Bonchev–Trinajstić information content (AvgIpc) is 3.23. The van der Waals surface area contributed by atoms with Gasteiger partial charge in [0.15, 0.2) is 0 Å². The number of ether oxygens (including phenoxy) is 2. The Hall–Kier alpha value is -3.13. The molecule has 3 aromatic rings. The molecule has 34 heavy (non-hydrogen) atoms. The van der Waals surface area contributed by atoms with Gasteiger partial charge in [-0.2, -0.15) is 0 Å². The monoisotopic (exact) mass is 463 g/mol. The molecule has 180 valence electrons. The van der Waals surface area contributed by atoms with Crippen LogP contribution in [0.5, 0.6) is 5.75 Å². The highest BCUT2D eigenvalue weighted by molar-refractivity contribution is 5.59. The van der Waals surface area contributed by atoms with Gasteiger partial charge in [0.2, 0.25) is 5.95 Å². The predicted molar refractivity (Wildman–Crippen MR) is 132 cm³/mol. The Kier molecular flexibility index (Phi) is 6.67. The zero-order valence-electron chi connectivity index (χ0n) is 19.9. The smallest absolute Gasteiger partial charge is 0.333 e. The third-order valence-corrected chi connectivity index (χ3v) is 7.08. The number of methoxy groups -OCH3 is 1. The molecule has 1 aromatic carbocycles. The lowest BCUT2D eigenvalue weighted by Crippen LogP contribution is -2.30. The number of imidazole rings is 1. The number of benzene rings is 1. The first-order chi connectivity index (χ1) is 16.6. The summed E-state index contributed by atoms with van der Waals surface area (Å²) in [5, 5.41) is 3.52. The second-order valence-corrected chi connectivity index (χ2v) is 9.45. The van der Waals surface area contributed by atoms with Gasteiger partial charge in [0.25, 0.3) is 0 Å². The molecule has 2 fully saturated rings. The highest BCUT2D eigenvalue weighted by Gasteiger charge is 2.24. The molecular formula is C26H33N5O3. The number of rotatable bonds is 6. The van der Waals surface area contributed by atoms with Gasteiger partial charge in [-0.15, -0.1) is 0 Å². The van der Waals surface area contributed by atoms with Crippen LogP contribution in [-0.2, 0) is 4.74 Å². The lowest BCUT2D eigenvalue weighted by molar-refractivity contribution is 0.0686. The van der Waals surface area contributed by atoms with E-state index in [-0.39, 0.29) is 11.7 Å². The van der Waals surface area contributed by atoms with Gasteiger partial charge in [-0.1, -0.05) is 13.0 Å². The quantitative estimate of drug-likeness (QED) is 0.582. The van der Waals surface area contributed by atoms with Crippen molar-refractivity contribution in [2.75, 3.05) is 25.6 Å². The van der Waals surface area contributed by atoms with Gasteiger partial charge < -0.3 is 14.8 Å². The first-order valence-corrected chi connectivity index (χ1v) is 12.3. The minimum Gasteiger partial charge on any atom is -0.497 e. The third-order valence-electron chi connectivity index (χ3n) is 7.08. The van der Waals surface area contributed by atoms with Crippen molar-refractivity contribution < 1.29 is 9.47 Å². The van der Waals surface area contributed by atoms with E-state index >= 15 is 0 Å². The average molecular weight is 464 g/mol. The van der Waals surface area contributed by atoms with Crippen molar-refractivity contribution in [1.82, 2.24) is 19.1 Å². The van der Waals surface area contributed by atoms with Crippen LogP contribution in [0.3, 0.4) is 0 Å². The summed E-state index contributed by atoms with van der Waals surface area (Å²) in [4.78, 5) is 23.0. The summed E-state index contributed by atoms with van der Waals surface area (Å²) < 4.78 is 14.5. The highest BCUT2D eigenvalue weighted by Crippen LogP contribution is 2.28. The predicted octanol–water partition coefficient (Wildman–Crippen LogP) is 4.45. The molecule has 8 heteroatoms. The van der Waals surface area contributed by atoms with E-state index in [1.54, 1.807) is 17.9 Å². The summed E-state index contributed by atoms with van der Waals surface area (Å²) in [5.74, 6) is 2.10. The van der Waals surface area contributed by atoms with E-state index in [9.17, 15) is 4.79 Å². The molecule has 8 nitrogen and oxygen atoms in total. The summed E-state index contributed by atoms with van der Waals surface area (Å²) in [5.41, 5.74) is 2.13. The summed E-state index contributed by atoms with van der Waals surface area (Å²) in [7, 11) is 1.63. The molecule has 0 unspecified atom stereocenters. The minimum atomic E-state index is -0.0791. The standard InChI is InChI=1S/C26H33N5O3/c1-18-6-8-19(9-7-18)28-25-27-13-10-23(29-25)24-17-30(20-11-14-34-15-12-20)26(32)31(24)21-4-3-5-22(16-21)33-2/h3-5,10,13,16-20H,6-9,11-12,14-15H2,1-2H3,(H,27,28,29)/t18-,19-. The second kappa shape index (κ2) is 10.0. The van der Waals surface area contributed by atoms with Crippen LogP contribution in [0, 0.1) is 5.92 Å². The maximum absolute atomic E-state index is 13.7. The van der Waals surface area contributed by atoms with Crippen LogP contribution in [0.1, 0.15) is 51.5 Å². The summed E-state index contributed by atoms with van der Waals surface area (Å²) in [6, 6.07) is 9.94. The molecular weight excluding hydrogens is 430 g/mol. The zero-order chi connectivity index (χ0) is 23.5. The van der Waals surface area contributed by atoms with Gasteiger partial charge in [-0.25, -0.2) is 14.8 Å². The van der Waals surface area contributed by atoms with Crippen LogP contribution in [0.4, 0.5) is 5.95 Å². The van der Waals surface area contributed by atoms with Crippen LogP contribution >= 0.6 is 0 Å². The van der Waals surface area contributed by atoms with Gasteiger partial charge >= 0.3 is 5.69 Å². The molecule has 1 aliphatic heterocycles. The van der Waals surface area contributed by atoms with Crippen molar-refractivity contribution in [2.24, 2.45) is 5.92 Å². The van der Waals surface area contributed by atoms with Crippen LogP contribution in [-0.4, -0.2) is 45.5 Å². The molecule has 0 spiro atoms. The summed E-state index contributed by atoms with van der Waals surface area (Å²) in [6.45, 7) is 3.64. The van der Waals surface area contributed by atoms with Crippen molar-refractivity contribution in [3.63, 3.8) is 0 Å². The lowest BCUT2D eigenvalue weighted by atomic mass is 9.87. The van der Waals surface area contributed by atoms with E-state index in [0.29, 0.717) is 36.6 Å². The summed E-state index contributed by atoms with van der Waals surface area (Å²) >= 11 is 0. The Labute approximate surface area is 200 Å². The number of hydrogen-bond acceptors (Lipinski definition) is 6. The molecule has 5 rings (SSSR count). The number of nitrogens with zero attached hydrogens (tertiary/aromatic N) is 4. The Morgan fingerprint density at radius 2 is 1.88 bits per heavy atom. The van der Waals surface area contributed by atoms with Crippen molar-refractivity contribution >= 4 is 5.95 Å². The molecule has 1 aliphatic carbocycles. The normalized spacial score (nSPS) is 21.4. The van der Waals surface area contributed by atoms with Crippen molar-refractivity contribution in [2.45, 2.75) is 57.5 Å². The van der Waals surface area contributed by atoms with E-state index in [1.165, 1.54) is 12.8 Å². The SMILES string of the molecule is COc1cccc(-n2c(-c3ccnc(N[C@H]4CC[C@H](C)CC4)n3)cn(C3CCOCC3)c2=O)c1. The van der Waals surface area contributed by atoms with Crippen LogP contribution in [0.25, 0.3) is 17.1 Å². The number of aromatic nitrogens is 4. The van der Waals surface area contributed by atoms with E-state index in [0.717, 1.165) is 43.0 Å². The van der Waals surface area contributed by atoms with Crippen molar-refractivity contribution in [1.29, 1.82) is 0 Å². The Balaban J connectivity index is 1.54. The van der Waals surface area contributed by atoms with Gasteiger partial charge in [0, 0.05) is 43.8 Å². The molecule has 1 saturated carbocycles. The molecule has 0 atom stereocenters. The van der Waals surface area contributed by atoms with Crippen LogP contribution in [0.2, 0.25) is 0 Å². The Morgan fingerprint density at radius 1 is 1.09 bits per heavy atom. The highest BCUT2D eigenvalue weighted by atomic mass is 16.5. The van der Waals surface area contributed by atoms with E-state index in [4.69, 9.17) is 14.5 Å². The van der Waals surface area contributed by atoms with Gasteiger partial charge in [0.05, 0.1) is 24.2 Å². The lowest BCUT2D eigenvalue weighted by Gasteiger charge is -2.26. The van der Waals surface area contributed by atoms with Gasteiger partial charge in [-0.3, -0.25) is 9.13 Å². The molecule has 1 saturated heterocycles. The van der Waals surface area contributed by atoms with Gasteiger partial charge in [-0.05, 0) is 62.6 Å². The molecule has 1 N–H and O–H groups in total. The molecule has 0 bridgehead atoms. The molecule has 0 radical (unpaired) electrons. The second-order valence-electron chi connectivity index (χ2n) is 9.45. The van der Waals surface area contributed by atoms with Gasteiger partial charge in [0.1, 0.15) is 5.75 Å². The van der Waals surface area contributed by atoms with Crippen LogP contribution in [0.15, 0.2) is 47.5 Å². The topological polar surface area (TPSA) is 83.2 Å². The maximum Gasteiger partial charge on any atom is 0.333 e. The fraction of sp³-hybridized carbons (Fsp3) is 0.500. The Morgan fingerprint density at radius 3 is 2.65 bits per heavy atom. The first-order valence-electron chi connectivity index (χ1n) is 12.3. The van der Waals surface area contributed by atoms with Crippen molar-refractivity contribution in [3.8, 4) is 22.8 Å². The maximum atomic E-state index is 13.7. The molecule has 3 heterocycles. The van der Waals surface area contributed by atoms with E-state index < -0.39 is 0 Å². The third kappa shape index (κ3) is 4.73. The zero-order valence-corrected chi connectivity index (χ0v) is 19.9. The first kappa shape index (κ1) is 22.7. The minimum absolute atomic E-state index is 0.0791. The fourth-order valence-corrected chi connectivity index (χ4v) is 5.03. The molecule has 2 aromatic heterocycles. The van der Waals surface area contributed by atoms with E-state index in [2.05, 4.69) is 17.2 Å². The number of nitrogens with one attached hydrogen (secondary N) is 1. The largest absolute Gasteiger partial charge is 0.497 e. The van der Waals surface area contributed by atoms with Crippen LogP contribution < -0.4 is 15.7 Å². The van der Waals surface area contributed by atoms with E-state index in [1.807, 2.05) is 41.1 Å². The number of hydrogen-bond donors (Lipinski definition) is 1. The Bertz CT molecular complexity index is 1170. The summed E-state index contributed by atoms with van der Waals surface area (Å²) in [6.07, 6.45) is 10.0. The fourth-order valence-electron chi connectivity index (χ4n) is 5.03. The number of anilines is 1. The molecule has 0 amide bonds. The molecule has 2 aliphatic rings. The van der Waals surface area contributed by atoms with Crippen molar-refractivity contribution in [3.05, 3.63) is 53.2 Å².